The number of hydrogen-bond acceptors (Lipinski definition) is 5. The Labute approximate surface area is 166 Å². The first kappa shape index (κ1) is 19.1. The molecule has 0 aliphatic carbocycles. The molecule has 7 heteroatoms. The first-order chi connectivity index (χ1) is 12.9. The first-order valence-corrected chi connectivity index (χ1v) is 9.29. The predicted molar refractivity (Wildman–Crippen MR) is 105 cm³/mol. The Bertz CT molecular complexity index is 941. The molecule has 0 saturated carbocycles. The van der Waals surface area contributed by atoms with Crippen LogP contribution >= 0.6 is 15.9 Å². The molecule has 0 unspecified atom stereocenters. The van der Waals surface area contributed by atoms with Gasteiger partial charge in [-0.25, -0.2) is 0 Å². The van der Waals surface area contributed by atoms with Crippen molar-refractivity contribution in [2.75, 3.05) is 7.05 Å². The molecule has 140 valence electrons. The van der Waals surface area contributed by atoms with Crippen molar-refractivity contribution in [1.82, 2.24) is 15.0 Å². The largest absolute Gasteiger partial charge is 0.481 e. The number of nitrogens with zero attached hydrogens (tertiary/aromatic N) is 3. The van der Waals surface area contributed by atoms with Crippen molar-refractivity contribution in [3.8, 4) is 17.1 Å². The zero-order chi connectivity index (χ0) is 19.4. The smallest absolute Gasteiger partial charge is 0.263 e. The summed E-state index contributed by atoms with van der Waals surface area (Å²) < 4.78 is 12.0. The van der Waals surface area contributed by atoms with Crippen LogP contribution in [0.4, 0.5) is 0 Å². The number of ether oxygens (including phenoxy) is 1. The minimum Gasteiger partial charge on any atom is -0.481 e. The molecular weight excluding hydrogens is 410 g/mol. The Morgan fingerprint density at radius 2 is 2.04 bits per heavy atom. The fraction of sp³-hybridized carbons (Fsp3) is 0.250. The van der Waals surface area contributed by atoms with Crippen LogP contribution in [0.3, 0.4) is 0 Å². The second-order valence-corrected chi connectivity index (χ2v) is 7.16. The number of aryl methyl sites for hydroxylation is 1. The molecular formula is C20H20BrN3O3. The lowest BCUT2D eigenvalue weighted by molar-refractivity contribution is -0.137. The van der Waals surface area contributed by atoms with E-state index < -0.39 is 6.10 Å². The third kappa shape index (κ3) is 4.74. The molecule has 27 heavy (non-hydrogen) atoms. The van der Waals surface area contributed by atoms with Gasteiger partial charge in [-0.1, -0.05) is 51.4 Å². The molecule has 1 aromatic heterocycles. The summed E-state index contributed by atoms with van der Waals surface area (Å²) in [7, 11) is 1.68. The molecule has 2 aromatic carbocycles. The number of likely N-dealkylation sites (N-methyl/N-ethyl adjacent to an activating group) is 1. The van der Waals surface area contributed by atoms with Gasteiger partial charge in [0.05, 0.1) is 6.54 Å². The lowest BCUT2D eigenvalue weighted by Gasteiger charge is -2.21. The summed E-state index contributed by atoms with van der Waals surface area (Å²) in [5.41, 5.74) is 1.82. The highest BCUT2D eigenvalue weighted by Gasteiger charge is 2.22. The van der Waals surface area contributed by atoms with E-state index in [9.17, 15) is 4.79 Å². The fourth-order valence-electron chi connectivity index (χ4n) is 2.58. The number of halogens is 1. The summed E-state index contributed by atoms with van der Waals surface area (Å²) in [5.74, 6) is 1.38. The molecule has 0 bridgehead atoms. The van der Waals surface area contributed by atoms with Crippen LogP contribution in [0.5, 0.6) is 5.75 Å². The molecule has 0 fully saturated rings. The highest BCUT2D eigenvalue weighted by atomic mass is 79.9. The normalized spacial score (nSPS) is 11.9. The Morgan fingerprint density at radius 3 is 2.78 bits per heavy atom. The van der Waals surface area contributed by atoms with Gasteiger partial charge in [-0.05, 0) is 37.6 Å². The van der Waals surface area contributed by atoms with Crippen LogP contribution < -0.4 is 4.74 Å². The lowest BCUT2D eigenvalue weighted by Crippen LogP contribution is -2.37. The number of carbonyl (C=O) groups is 1. The van der Waals surface area contributed by atoms with E-state index >= 15 is 0 Å². The van der Waals surface area contributed by atoms with Crippen molar-refractivity contribution < 1.29 is 14.1 Å². The van der Waals surface area contributed by atoms with Gasteiger partial charge in [-0.2, -0.15) is 4.98 Å². The van der Waals surface area contributed by atoms with Crippen molar-refractivity contribution in [1.29, 1.82) is 0 Å². The molecule has 1 heterocycles. The summed E-state index contributed by atoms with van der Waals surface area (Å²) in [6.45, 7) is 3.88. The van der Waals surface area contributed by atoms with E-state index in [4.69, 9.17) is 9.26 Å². The molecule has 0 aliphatic rings. The fourth-order valence-corrected chi connectivity index (χ4v) is 2.98. The standard InChI is InChI=1S/C20H20BrN3O3/c1-13-7-4-5-10-17(13)26-14(2)20(25)24(3)12-18-22-19(23-27-18)15-8-6-9-16(21)11-15/h4-11,14H,12H2,1-3H3/t14-/m1/s1. The van der Waals surface area contributed by atoms with Gasteiger partial charge in [0.2, 0.25) is 11.7 Å². The monoisotopic (exact) mass is 429 g/mol. The van der Waals surface area contributed by atoms with E-state index in [2.05, 4.69) is 26.1 Å². The summed E-state index contributed by atoms with van der Waals surface area (Å²) >= 11 is 3.42. The third-order valence-corrected chi connectivity index (χ3v) is 4.54. The summed E-state index contributed by atoms with van der Waals surface area (Å²) in [6, 6.07) is 15.2. The zero-order valence-corrected chi connectivity index (χ0v) is 16.9. The van der Waals surface area contributed by atoms with Crippen molar-refractivity contribution in [3.63, 3.8) is 0 Å². The average Bonchev–Trinajstić information content (AvgIpc) is 3.11. The van der Waals surface area contributed by atoms with E-state index in [0.717, 1.165) is 15.6 Å². The highest BCUT2D eigenvalue weighted by molar-refractivity contribution is 9.10. The maximum atomic E-state index is 12.6. The van der Waals surface area contributed by atoms with Gasteiger partial charge in [0.25, 0.3) is 5.91 Å². The number of rotatable bonds is 6. The van der Waals surface area contributed by atoms with Gasteiger partial charge in [-0.15, -0.1) is 0 Å². The Balaban J connectivity index is 1.64. The van der Waals surface area contributed by atoms with Crippen molar-refractivity contribution in [2.24, 2.45) is 0 Å². The number of para-hydroxylation sites is 1. The molecule has 1 amide bonds. The van der Waals surface area contributed by atoms with E-state index in [1.165, 1.54) is 4.90 Å². The number of benzene rings is 2. The highest BCUT2D eigenvalue weighted by Crippen LogP contribution is 2.21. The van der Waals surface area contributed by atoms with Gasteiger partial charge in [0.1, 0.15) is 5.75 Å². The molecule has 3 aromatic rings. The van der Waals surface area contributed by atoms with Gasteiger partial charge in [0, 0.05) is 17.1 Å². The van der Waals surface area contributed by atoms with Crippen molar-refractivity contribution >= 4 is 21.8 Å². The maximum absolute atomic E-state index is 12.6. The number of carbonyl (C=O) groups excluding carboxylic acids is 1. The van der Waals surface area contributed by atoms with E-state index in [1.807, 2.05) is 55.5 Å². The van der Waals surface area contributed by atoms with Gasteiger partial charge in [0.15, 0.2) is 6.10 Å². The molecule has 0 spiro atoms. The van der Waals surface area contributed by atoms with E-state index in [1.54, 1.807) is 14.0 Å². The second kappa shape index (κ2) is 8.35. The quantitative estimate of drug-likeness (QED) is 0.586. The summed E-state index contributed by atoms with van der Waals surface area (Å²) in [5, 5.41) is 3.99. The average molecular weight is 430 g/mol. The molecule has 0 aliphatic heterocycles. The van der Waals surface area contributed by atoms with Crippen LogP contribution in [-0.4, -0.2) is 34.1 Å². The minimum absolute atomic E-state index is 0.166. The summed E-state index contributed by atoms with van der Waals surface area (Å²) in [6.07, 6.45) is -0.622. The molecule has 3 rings (SSSR count). The van der Waals surface area contributed by atoms with E-state index in [-0.39, 0.29) is 12.5 Å². The van der Waals surface area contributed by atoms with Gasteiger partial charge < -0.3 is 14.2 Å². The van der Waals surface area contributed by atoms with Crippen LogP contribution in [-0.2, 0) is 11.3 Å². The van der Waals surface area contributed by atoms with Crippen LogP contribution in [0.1, 0.15) is 18.4 Å². The third-order valence-electron chi connectivity index (χ3n) is 4.04. The number of hydrogen-bond donors (Lipinski definition) is 0. The Morgan fingerprint density at radius 1 is 1.26 bits per heavy atom. The Kier molecular flexibility index (Phi) is 5.91. The SMILES string of the molecule is Cc1ccccc1O[C@H](C)C(=O)N(C)Cc1nc(-c2cccc(Br)c2)no1. The van der Waals surface area contributed by atoms with Crippen LogP contribution in [0.15, 0.2) is 57.5 Å². The minimum atomic E-state index is -0.622. The summed E-state index contributed by atoms with van der Waals surface area (Å²) in [4.78, 5) is 18.5. The molecule has 0 N–H and O–H groups in total. The first-order valence-electron chi connectivity index (χ1n) is 8.50. The van der Waals surface area contributed by atoms with Gasteiger partial charge >= 0.3 is 0 Å². The number of amides is 1. The number of aromatic nitrogens is 2. The van der Waals surface area contributed by atoms with Gasteiger partial charge in [-0.3, -0.25) is 4.79 Å². The molecule has 6 nitrogen and oxygen atoms in total. The molecule has 0 radical (unpaired) electrons. The predicted octanol–water partition coefficient (Wildman–Crippen LogP) is 4.23. The van der Waals surface area contributed by atoms with Crippen molar-refractivity contribution in [3.05, 3.63) is 64.5 Å². The van der Waals surface area contributed by atoms with E-state index in [0.29, 0.717) is 17.5 Å². The van der Waals surface area contributed by atoms with Crippen LogP contribution in [0.25, 0.3) is 11.4 Å². The zero-order valence-electron chi connectivity index (χ0n) is 15.3. The topological polar surface area (TPSA) is 68.5 Å². The van der Waals surface area contributed by atoms with Crippen LogP contribution in [0.2, 0.25) is 0 Å². The maximum Gasteiger partial charge on any atom is 0.263 e. The molecule has 0 saturated heterocycles. The lowest BCUT2D eigenvalue weighted by atomic mass is 10.2. The van der Waals surface area contributed by atoms with Crippen LogP contribution in [0, 0.1) is 6.92 Å². The molecule has 1 atom stereocenters. The Hall–Kier alpha value is -2.67. The second-order valence-electron chi connectivity index (χ2n) is 6.24. The van der Waals surface area contributed by atoms with Crippen molar-refractivity contribution in [2.45, 2.75) is 26.5 Å².